The van der Waals surface area contributed by atoms with Crippen LogP contribution >= 0.6 is 11.3 Å². The Labute approximate surface area is 163 Å². The Morgan fingerprint density at radius 2 is 2.04 bits per heavy atom. The molecule has 0 aliphatic carbocycles. The number of nitrogens with zero attached hydrogens (tertiary/aromatic N) is 3. The molecule has 3 N–H and O–H groups in total. The van der Waals surface area contributed by atoms with Gasteiger partial charge in [-0.25, -0.2) is 9.78 Å². The number of thiazole rings is 1. The third kappa shape index (κ3) is 4.77. The van der Waals surface area contributed by atoms with Crippen molar-refractivity contribution in [2.45, 2.75) is 32.7 Å². The van der Waals surface area contributed by atoms with E-state index in [-0.39, 0.29) is 6.03 Å². The molecule has 0 bridgehead atoms. The second kappa shape index (κ2) is 8.39. The van der Waals surface area contributed by atoms with E-state index in [0.29, 0.717) is 17.8 Å². The fraction of sp³-hybridized carbons (Fsp3) is 0.421. The first-order valence-corrected chi connectivity index (χ1v) is 9.88. The molecule has 1 aromatic carbocycles. The normalized spacial score (nSPS) is 14.1. The molecule has 1 aliphatic rings. The molecule has 0 spiro atoms. The summed E-state index contributed by atoms with van der Waals surface area (Å²) >= 11 is 1.57. The van der Waals surface area contributed by atoms with Gasteiger partial charge in [-0.05, 0) is 44.4 Å². The van der Waals surface area contributed by atoms with Gasteiger partial charge in [-0.15, -0.1) is 11.3 Å². The first-order chi connectivity index (χ1) is 12.9. The van der Waals surface area contributed by atoms with Gasteiger partial charge in [0.05, 0.1) is 22.9 Å². The van der Waals surface area contributed by atoms with Crippen LogP contribution < -0.4 is 16.0 Å². The maximum atomic E-state index is 12.7. The fourth-order valence-corrected chi connectivity index (χ4v) is 4.04. The number of nitrogens with one attached hydrogen (secondary N) is 1. The van der Waals surface area contributed by atoms with Crippen molar-refractivity contribution in [3.05, 3.63) is 39.8 Å². The van der Waals surface area contributed by atoms with Gasteiger partial charge in [0.15, 0.2) is 0 Å². The monoisotopic (exact) mass is 387 g/mol. The second-order valence-corrected chi connectivity index (χ2v) is 8.10. The van der Waals surface area contributed by atoms with Crippen LogP contribution in [-0.2, 0) is 6.54 Å². The summed E-state index contributed by atoms with van der Waals surface area (Å²) in [5.41, 5.74) is 7.35. The Balaban J connectivity index is 1.79. The van der Waals surface area contributed by atoms with Crippen LogP contribution in [0.2, 0.25) is 0 Å². The third-order valence-corrected chi connectivity index (χ3v) is 5.53. The van der Waals surface area contributed by atoms with E-state index in [1.807, 2.05) is 13.0 Å². The molecule has 1 aliphatic heterocycles. The van der Waals surface area contributed by atoms with Crippen LogP contribution in [0.25, 0.3) is 0 Å². The maximum Gasteiger partial charge on any atom is 0.321 e. The number of primary amides is 1. The maximum absolute atomic E-state index is 12.7. The van der Waals surface area contributed by atoms with E-state index in [0.717, 1.165) is 41.5 Å². The minimum absolute atomic E-state index is 0.235. The number of nitrogens with two attached hydrogens (primary N) is 1. The first-order valence-electron chi connectivity index (χ1n) is 9.06. The highest BCUT2D eigenvalue weighted by atomic mass is 32.1. The number of amides is 3. The zero-order chi connectivity index (χ0) is 19.4. The van der Waals surface area contributed by atoms with Gasteiger partial charge in [-0.3, -0.25) is 4.79 Å². The lowest BCUT2D eigenvalue weighted by molar-refractivity contribution is 0.100. The molecule has 7 nitrogen and oxygen atoms in total. The molecule has 1 aromatic heterocycles. The average molecular weight is 388 g/mol. The molecule has 3 amide bonds. The molecule has 3 rings (SSSR count). The minimum atomic E-state index is -0.510. The number of carbonyl (C=O) groups excluding carboxylic acids is 2. The number of aryl methyl sites for hydroxylation is 1. The highest BCUT2D eigenvalue weighted by Gasteiger charge is 2.19. The van der Waals surface area contributed by atoms with Crippen LogP contribution in [0.3, 0.4) is 0 Å². The molecule has 2 aromatic rings. The van der Waals surface area contributed by atoms with Crippen LogP contribution in [0.5, 0.6) is 0 Å². The highest BCUT2D eigenvalue weighted by molar-refractivity contribution is 7.11. The SMILES string of the molecule is Cc1ncc(CN(C)C(=O)Nc2cc(C(N)=O)ccc2N2CCCCC2)s1. The Morgan fingerprint density at radius 3 is 2.67 bits per heavy atom. The number of hydrogen-bond acceptors (Lipinski definition) is 5. The molecule has 0 unspecified atom stereocenters. The Morgan fingerprint density at radius 1 is 1.30 bits per heavy atom. The minimum Gasteiger partial charge on any atom is -0.370 e. The predicted molar refractivity (Wildman–Crippen MR) is 108 cm³/mol. The van der Waals surface area contributed by atoms with Crippen molar-refractivity contribution in [3.8, 4) is 0 Å². The first kappa shape index (κ1) is 19.2. The average Bonchev–Trinajstić information content (AvgIpc) is 3.07. The summed E-state index contributed by atoms with van der Waals surface area (Å²) < 4.78 is 0. The zero-order valence-corrected chi connectivity index (χ0v) is 16.5. The number of piperidine rings is 1. The van der Waals surface area contributed by atoms with Gasteiger partial charge in [0.2, 0.25) is 5.91 Å². The third-order valence-electron chi connectivity index (χ3n) is 4.63. The largest absolute Gasteiger partial charge is 0.370 e. The van der Waals surface area contributed by atoms with Crippen molar-refractivity contribution in [2.75, 3.05) is 30.4 Å². The summed E-state index contributed by atoms with van der Waals surface area (Å²) in [5.74, 6) is -0.510. The molecule has 1 fully saturated rings. The number of benzene rings is 1. The Bertz CT molecular complexity index is 829. The summed E-state index contributed by atoms with van der Waals surface area (Å²) in [4.78, 5) is 33.4. The molecular formula is C19H25N5O2S. The topological polar surface area (TPSA) is 91.6 Å². The lowest BCUT2D eigenvalue weighted by Crippen LogP contribution is -2.33. The van der Waals surface area contributed by atoms with Crippen molar-refractivity contribution in [3.63, 3.8) is 0 Å². The number of rotatable bonds is 5. The van der Waals surface area contributed by atoms with Crippen LogP contribution in [0.15, 0.2) is 24.4 Å². The van der Waals surface area contributed by atoms with E-state index in [9.17, 15) is 9.59 Å². The number of aromatic nitrogens is 1. The van der Waals surface area contributed by atoms with Crippen molar-refractivity contribution >= 4 is 34.6 Å². The summed E-state index contributed by atoms with van der Waals surface area (Å²) in [7, 11) is 1.74. The lowest BCUT2D eigenvalue weighted by atomic mass is 10.1. The Kier molecular flexibility index (Phi) is 5.95. The van der Waals surface area contributed by atoms with Gasteiger partial charge in [0.1, 0.15) is 0 Å². The fourth-order valence-electron chi connectivity index (χ4n) is 3.19. The molecule has 0 atom stereocenters. The smallest absolute Gasteiger partial charge is 0.321 e. The quantitative estimate of drug-likeness (QED) is 0.824. The molecule has 0 radical (unpaired) electrons. The van der Waals surface area contributed by atoms with Gasteiger partial charge in [-0.2, -0.15) is 0 Å². The molecule has 2 heterocycles. The van der Waals surface area contributed by atoms with Crippen molar-refractivity contribution in [1.29, 1.82) is 0 Å². The van der Waals surface area contributed by atoms with Crippen LogP contribution in [0.1, 0.15) is 39.5 Å². The standard InChI is InChI=1S/C19H25N5O2S/c1-13-21-11-15(27-13)12-23(2)19(26)22-16-10-14(18(20)25)6-7-17(16)24-8-4-3-5-9-24/h6-7,10-11H,3-5,8-9,12H2,1-2H3,(H2,20,25)(H,22,26). The number of anilines is 2. The van der Waals surface area contributed by atoms with Gasteiger partial charge >= 0.3 is 6.03 Å². The van der Waals surface area contributed by atoms with Crippen LogP contribution in [0.4, 0.5) is 16.2 Å². The van der Waals surface area contributed by atoms with Crippen LogP contribution in [-0.4, -0.2) is 42.0 Å². The number of urea groups is 1. The zero-order valence-electron chi connectivity index (χ0n) is 15.7. The van der Waals surface area contributed by atoms with E-state index in [1.54, 1.807) is 41.6 Å². The molecule has 27 heavy (non-hydrogen) atoms. The summed E-state index contributed by atoms with van der Waals surface area (Å²) in [6, 6.07) is 5.01. The van der Waals surface area contributed by atoms with E-state index in [2.05, 4.69) is 15.2 Å². The van der Waals surface area contributed by atoms with Gasteiger partial charge in [0, 0.05) is 36.8 Å². The Hall–Kier alpha value is -2.61. The molecule has 1 saturated heterocycles. The summed E-state index contributed by atoms with van der Waals surface area (Å²) in [5, 5.41) is 3.92. The van der Waals surface area contributed by atoms with E-state index < -0.39 is 5.91 Å². The van der Waals surface area contributed by atoms with Gasteiger partial charge in [-0.1, -0.05) is 0 Å². The second-order valence-electron chi connectivity index (χ2n) is 6.78. The van der Waals surface area contributed by atoms with Gasteiger partial charge < -0.3 is 20.9 Å². The van der Waals surface area contributed by atoms with E-state index in [1.165, 1.54) is 6.42 Å². The molecule has 144 valence electrons. The summed E-state index contributed by atoms with van der Waals surface area (Å²) in [6.45, 7) is 4.30. The van der Waals surface area contributed by atoms with Crippen molar-refractivity contribution in [1.82, 2.24) is 9.88 Å². The molecule has 0 saturated carbocycles. The van der Waals surface area contributed by atoms with Gasteiger partial charge in [0.25, 0.3) is 0 Å². The van der Waals surface area contributed by atoms with E-state index in [4.69, 9.17) is 5.73 Å². The lowest BCUT2D eigenvalue weighted by Gasteiger charge is -2.31. The molecule has 8 heteroatoms. The molecular weight excluding hydrogens is 362 g/mol. The van der Waals surface area contributed by atoms with Crippen LogP contribution in [0, 0.1) is 6.92 Å². The predicted octanol–water partition coefficient (Wildman–Crippen LogP) is 3.20. The highest BCUT2D eigenvalue weighted by Crippen LogP contribution is 2.30. The van der Waals surface area contributed by atoms with Crippen molar-refractivity contribution < 1.29 is 9.59 Å². The van der Waals surface area contributed by atoms with Crippen molar-refractivity contribution in [2.24, 2.45) is 5.73 Å². The number of carbonyl (C=O) groups is 2. The summed E-state index contributed by atoms with van der Waals surface area (Å²) in [6.07, 6.45) is 5.25. The number of hydrogen-bond donors (Lipinski definition) is 2. The van der Waals surface area contributed by atoms with E-state index >= 15 is 0 Å².